The van der Waals surface area contributed by atoms with Crippen molar-refractivity contribution in [1.82, 2.24) is 5.32 Å². The Labute approximate surface area is 126 Å². The predicted molar refractivity (Wildman–Crippen MR) is 77.1 cm³/mol. The van der Waals surface area contributed by atoms with Crippen LogP contribution in [0.2, 0.25) is 0 Å². The van der Waals surface area contributed by atoms with E-state index in [2.05, 4.69) is 5.32 Å². The predicted octanol–water partition coefficient (Wildman–Crippen LogP) is 3.63. The summed E-state index contributed by atoms with van der Waals surface area (Å²) in [4.78, 5) is 0. The zero-order valence-electron chi connectivity index (χ0n) is 11.8. The second-order valence-corrected chi connectivity index (χ2v) is 5.66. The number of rotatable bonds is 2. The van der Waals surface area contributed by atoms with Crippen LogP contribution in [0.5, 0.6) is 0 Å². The third-order valence-electron chi connectivity index (χ3n) is 4.11. The number of aliphatic hydroxyl groups is 1. The monoisotopic (exact) mass is 307 g/mol. The maximum absolute atomic E-state index is 12.8. The molecule has 2 N–H and O–H groups in total. The topological polar surface area (TPSA) is 32.3 Å². The van der Waals surface area contributed by atoms with Crippen LogP contribution < -0.4 is 5.32 Å². The van der Waals surface area contributed by atoms with E-state index in [-0.39, 0.29) is 12.6 Å². The summed E-state index contributed by atoms with van der Waals surface area (Å²) < 4.78 is 38.5. The molecular weight excluding hydrogens is 291 g/mol. The SMILES string of the molecule is O[C@@]1(c2cccc(C(F)(F)F)c2)CN[C@H](c2ccccc2)C1. The molecule has 0 unspecified atom stereocenters. The Balaban J connectivity index is 1.86. The van der Waals surface area contributed by atoms with Gasteiger partial charge in [-0.3, -0.25) is 0 Å². The average Bonchev–Trinajstić information content (AvgIpc) is 2.91. The molecule has 0 aromatic heterocycles. The molecule has 1 heterocycles. The van der Waals surface area contributed by atoms with Gasteiger partial charge in [-0.05, 0) is 23.3 Å². The first-order chi connectivity index (χ1) is 10.4. The van der Waals surface area contributed by atoms with Crippen LogP contribution >= 0.6 is 0 Å². The summed E-state index contributed by atoms with van der Waals surface area (Å²) in [6.07, 6.45) is -4.06. The Morgan fingerprint density at radius 2 is 1.77 bits per heavy atom. The van der Waals surface area contributed by atoms with Crippen LogP contribution in [0, 0.1) is 0 Å². The van der Waals surface area contributed by atoms with Gasteiger partial charge < -0.3 is 10.4 Å². The summed E-state index contributed by atoms with van der Waals surface area (Å²) in [6.45, 7) is 0.230. The van der Waals surface area contributed by atoms with E-state index in [1.165, 1.54) is 6.07 Å². The normalized spacial score (nSPS) is 25.4. The van der Waals surface area contributed by atoms with Gasteiger partial charge in [-0.2, -0.15) is 13.2 Å². The maximum atomic E-state index is 12.8. The Kier molecular flexibility index (Phi) is 3.70. The van der Waals surface area contributed by atoms with Crippen LogP contribution in [0.1, 0.15) is 29.2 Å². The van der Waals surface area contributed by atoms with Gasteiger partial charge in [0, 0.05) is 19.0 Å². The summed E-state index contributed by atoms with van der Waals surface area (Å²) >= 11 is 0. The highest BCUT2D eigenvalue weighted by Crippen LogP contribution is 2.39. The Bertz CT molecular complexity index is 656. The first kappa shape index (κ1) is 15.1. The fourth-order valence-corrected chi connectivity index (χ4v) is 2.90. The van der Waals surface area contributed by atoms with Crippen LogP contribution in [0.4, 0.5) is 13.2 Å². The highest BCUT2D eigenvalue weighted by Gasteiger charge is 2.40. The third kappa shape index (κ3) is 2.87. The molecule has 1 aliphatic rings. The molecule has 0 spiro atoms. The largest absolute Gasteiger partial charge is 0.416 e. The smallest absolute Gasteiger partial charge is 0.384 e. The van der Waals surface area contributed by atoms with E-state index < -0.39 is 17.3 Å². The van der Waals surface area contributed by atoms with Crippen LogP contribution in [0.25, 0.3) is 0 Å². The fraction of sp³-hybridized carbons (Fsp3) is 0.294. The van der Waals surface area contributed by atoms with Crippen LogP contribution in [0.3, 0.4) is 0 Å². The van der Waals surface area contributed by atoms with Crippen molar-refractivity contribution in [2.75, 3.05) is 6.54 Å². The highest BCUT2D eigenvalue weighted by molar-refractivity contribution is 5.33. The molecule has 0 bridgehead atoms. The van der Waals surface area contributed by atoms with Crippen molar-refractivity contribution >= 4 is 0 Å². The fourth-order valence-electron chi connectivity index (χ4n) is 2.90. The van der Waals surface area contributed by atoms with Crippen molar-refractivity contribution in [2.24, 2.45) is 0 Å². The summed E-state index contributed by atoms with van der Waals surface area (Å²) in [7, 11) is 0. The molecule has 116 valence electrons. The lowest BCUT2D eigenvalue weighted by Crippen LogP contribution is -2.28. The molecular formula is C17H16F3NO. The van der Waals surface area contributed by atoms with Gasteiger partial charge in [0.1, 0.15) is 5.60 Å². The average molecular weight is 307 g/mol. The Morgan fingerprint density at radius 3 is 2.45 bits per heavy atom. The third-order valence-corrected chi connectivity index (χ3v) is 4.11. The number of hydrogen-bond donors (Lipinski definition) is 2. The number of benzene rings is 2. The standard InChI is InChI=1S/C17H16F3NO/c18-17(19,20)14-8-4-7-13(9-14)16(22)10-15(21-11-16)12-5-2-1-3-6-12/h1-9,15,21-22H,10-11H2/t15-,16+/m0/s1. The van der Waals surface area contributed by atoms with Crippen molar-refractivity contribution in [3.05, 3.63) is 71.3 Å². The summed E-state index contributed by atoms with van der Waals surface area (Å²) in [6, 6.07) is 14.5. The maximum Gasteiger partial charge on any atom is 0.416 e. The first-order valence-corrected chi connectivity index (χ1v) is 7.07. The van der Waals surface area contributed by atoms with Crippen molar-refractivity contribution in [3.63, 3.8) is 0 Å². The molecule has 0 amide bonds. The highest BCUT2D eigenvalue weighted by atomic mass is 19.4. The quantitative estimate of drug-likeness (QED) is 0.888. The molecule has 2 nitrogen and oxygen atoms in total. The first-order valence-electron chi connectivity index (χ1n) is 7.07. The minimum atomic E-state index is -4.41. The van der Waals surface area contributed by atoms with E-state index in [1.54, 1.807) is 6.07 Å². The van der Waals surface area contributed by atoms with Crippen LogP contribution in [0.15, 0.2) is 54.6 Å². The number of hydrogen-bond acceptors (Lipinski definition) is 2. The molecule has 2 aromatic rings. The lowest BCUT2D eigenvalue weighted by molar-refractivity contribution is -0.137. The molecule has 1 fully saturated rings. The lowest BCUT2D eigenvalue weighted by Gasteiger charge is -2.23. The Hall–Kier alpha value is -1.85. The van der Waals surface area contributed by atoms with Gasteiger partial charge in [0.15, 0.2) is 0 Å². The van der Waals surface area contributed by atoms with Crippen molar-refractivity contribution < 1.29 is 18.3 Å². The summed E-state index contributed by atoms with van der Waals surface area (Å²) in [5, 5.41) is 13.9. The Morgan fingerprint density at radius 1 is 1.05 bits per heavy atom. The molecule has 1 saturated heterocycles. The second-order valence-electron chi connectivity index (χ2n) is 5.66. The number of halogens is 3. The molecule has 0 radical (unpaired) electrons. The van der Waals surface area contributed by atoms with E-state index in [0.717, 1.165) is 17.7 Å². The minimum Gasteiger partial charge on any atom is -0.384 e. The van der Waals surface area contributed by atoms with Gasteiger partial charge in [0.05, 0.1) is 5.56 Å². The zero-order valence-corrected chi connectivity index (χ0v) is 11.8. The summed E-state index contributed by atoms with van der Waals surface area (Å²) in [5.41, 5.74) is -0.706. The number of alkyl halides is 3. The summed E-state index contributed by atoms with van der Waals surface area (Å²) in [5.74, 6) is 0. The van der Waals surface area contributed by atoms with E-state index in [4.69, 9.17) is 0 Å². The van der Waals surface area contributed by atoms with E-state index in [1.807, 2.05) is 30.3 Å². The van der Waals surface area contributed by atoms with E-state index in [0.29, 0.717) is 12.0 Å². The molecule has 2 atom stereocenters. The molecule has 1 aliphatic heterocycles. The molecule has 0 aliphatic carbocycles. The molecule has 5 heteroatoms. The number of β-amino-alcohol motifs (C(OH)–C–C–N with tert-alkyl or cyclic N) is 1. The van der Waals surface area contributed by atoms with Crippen molar-refractivity contribution in [3.8, 4) is 0 Å². The van der Waals surface area contributed by atoms with Gasteiger partial charge in [-0.15, -0.1) is 0 Å². The van der Waals surface area contributed by atoms with Crippen LogP contribution in [-0.2, 0) is 11.8 Å². The number of nitrogens with one attached hydrogen (secondary N) is 1. The van der Waals surface area contributed by atoms with E-state index >= 15 is 0 Å². The van der Waals surface area contributed by atoms with Gasteiger partial charge >= 0.3 is 6.18 Å². The molecule has 22 heavy (non-hydrogen) atoms. The lowest BCUT2D eigenvalue weighted by atomic mass is 9.88. The van der Waals surface area contributed by atoms with Crippen molar-refractivity contribution in [2.45, 2.75) is 24.2 Å². The van der Waals surface area contributed by atoms with Gasteiger partial charge in [-0.25, -0.2) is 0 Å². The van der Waals surface area contributed by atoms with E-state index in [9.17, 15) is 18.3 Å². The van der Waals surface area contributed by atoms with Gasteiger partial charge in [0.25, 0.3) is 0 Å². The van der Waals surface area contributed by atoms with Crippen LogP contribution in [-0.4, -0.2) is 11.7 Å². The van der Waals surface area contributed by atoms with Gasteiger partial charge in [0.2, 0.25) is 0 Å². The molecule has 3 rings (SSSR count). The molecule has 2 aromatic carbocycles. The minimum absolute atomic E-state index is 0.0688. The molecule has 0 saturated carbocycles. The zero-order chi connectivity index (χ0) is 15.8. The second kappa shape index (κ2) is 5.41. The van der Waals surface area contributed by atoms with Gasteiger partial charge in [-0.1, -0.05) is 42.5 Å². The van der Waals surface area contributed by atoms with Crippen molar-refractivity contribution in [1.29, 1.82) is 0 Å².